The van der Waals surface area contributed by atoms with Crippen LogP contribution in [0.4, 0.5) is 0 Å². The van der Waals surface area contributed by atoms with Gasteiger partial charge in [-0.1, -0.05) is 50.1 Å². The van der Waals surface area contributed by atoms with Gasteiger partial charge in [-0.05, 0) is 51.4 Å². The first kappa shape index (κ1) is 16.2. The fourth-order valence-corrected chi connectivity index (χ4v) is 1.96. The van der Waals surface area contributed by atoms with Crippen LogP contribution >= 0.6 is 0 Å². The van der Waals surface area contributed by atoms with Gasteiger partial charge in [0.2, 0.25) is 0 Å². The third kappa shape index (κ3) is 10.1. The van der Waals surface area contributed by atoms with Crippen LogP contribution in [0.15, 0.2) is 37.0 Å². The zero-order valence-corrected chi connectivity index (χ0v) is 11.9. The molecule has 17 heavy (non-hydrogen) atoms. The minimum atomic E-state index is 0.763. The molecule has 0 aromatic rings. The number of rotatable bonds is 5. The molecular weight excluding hydrogens is 204 g/mol. The van der Waals surface area contributed by atoms with Crippen LogP contribution in [-0.4, -0.2) is 0 Å². The molecule has 1 aliphatic rings. The molecule has 0 heteroatoms. The number of hydrogen-bond donors (Lipinski definition) is 0. The van der Waals surface area contributed by atoms with E-state index in [2.05, 4.69) is 39.2 Å². The normalized spacial score (nSPS) is 18.8. The summed E-state index contributed by atoms with van der Waals surface area (Å²) in [4.78, 5) is 0. The van der Waals surface area contributed by atoms with Crippen LogP contribution in [0.1, 0.15) is 65.2 Å². The SMILES string of the molecule is C=C(C)C1CC=CCCC1.C=CCCCCC. The van der Waals surface area contributed by atoms with Crippen molar-refractivity contribution >= 4 is 0 Å². The van der Waals surface area contributed by atoms with Crippen molar-refractivity contribution in [2.24, 2.45) is 5.92 Å². The Kier molecular flexibility index (Phi) is 11.2. The third-order valence-electron chi connectivity index (χ3n) is 3.22. The van der Waals surface area contributed by atoms with E-state index in [0.29, 0.717) is 0 Å². The van der Waals surface area contributed by atoms with Crippen LogP contribution in [0.3, 0.4) is 0 Å². The molecular formula is C17H30. The van der Waals surface area contributed by atoms with Gasteiger partial charge in [-0.2, -0.15) is 0 Å². The summed E-state index contributed by atoms with van der Waals surface area (Å²) < 4.78 is 0. The van der Waals surface area contributed by atoms with Crippen molar-refractivity contribution in [2.75, 3.05) is 0 Å². The molecule has 1 atom stereocenters. The van der Waals surface area contributed by atoms with Gasteiger partial charge in [-0.25, -0.2) is 0 Å². The molecule has 0 saturated heterocycles. The lowest BCUT2D eigenvalue weighted by atomic mass is 9.94. The van der Waals surface area contributed by atoms with E-state index in [0.717, 1.165) is 5.92 Å². The van der Waals surface area contributed by atoms with Crippen molar-refractivity contribution in [3.63, 3.8) is 0 Å². The third-order valence-corrected chi connectivity index (χ3v) is 3.22. The van der Waals surface area contributed by atoms with Gasteiger partial charge in [-0.15, -0.1) is 6.58 Å². The van der Waals surface area contributed by atoms with E-state index in [9.17, 15) is 0 Å². The van der Waals surface area contributed by atoms with E-state index >= 15 is 0 Å². The highest BCUT2D eigenvalue weighted by Crippen LogP contribution is 2.23. The predicted molar refractivity (Wildman–Crippen MR) is 80.3 cm³/mol. The highest BCUT2D eigenvalue weighted by atomic mass is 14.1. The van der Waals surface area contributed by atoms with Gasteiger partial charge in [0.1, 0.15) is 0 Å². The smallest absolute Gasteiger partial charge is 0.0174 e. The molecule has 0 bridgehead atoms. The monoisotopic (exact) mass is 234 g/mol. The average molecular weight is 234 g/mol. The van der Waals surface area contributed by atoms with E-state index in [4.69, 9.17) is 0 Å². The van der Waals surface area contributed by atoms with Gasteiger partial charge >= 0.3 is 0 Å². The summed E-state index contributed by atoms with van der Waals surface area (Å²) in [6.45, 7) is 12.0. The first-order chi connectivity index (χ1) is 8.22. The first-order valence-corrected chi connectivity index (χ1v) is 7.13. The van der Waals surface area contributed by atoms with E-state index in [1.807, 2.05) is 6.08 Å². The van der Waals surface area contributed by atoms with E-state index < -0.39 is 0 Å². The second kappa shape index (κ2) is 11.7. The maximum Gasteiger partial charge on any atom is -0.0174 e. The molecule has 0 spiro atoms. The standard InChI is InChI=1S/C10H16.C7H14/c1-9(2)10-7-5-3-4-6-8-10;1-3-5-7-6-4-2/h3,5,10H,1,4,6-8H2,2H3;3H,1,4-7H2,2H3. The molecule has 0 N–H and O–H groups in total. The van der Waals surface area contributed by atoms with Crippen molar-refractivity contribution in [3.05, 3.63) is 37.0 Å². The lowest BCUT2D eigenvalue weighted by Gasteiger charge is -2.11. The Labute approximate surface area is 109 Å². The van der Waals surface area contributed by atoms with Crippen molar-refractivity contribution in [1.82, 2.24) is 0 Å². The van der Waals surface area contributed by atoms with Crippen LogP contribution in [-0.2, 0) is 0 Å². The Bertz CT molecular complexity index is 222. The molecule has 0 heterocycles. The summed E-state index contributed by atoms with van der Waals surface area (Å²) in [7, 11) is 0. The molecule has 0 aliphatic heterocycles. The van der Waals surface area contributed by atoms with Crippen LogP contribution in [0.25, 0.3) is 0 Å². The zero-order chi connectivity index (χ0) is 12.9. The molecule has 0 radical (unpaired) electrons. The topological polar surface area (TPSA) is 0 Å². The van der Waals surface area contributed by atoms with Crippen molar-refractivity contribution in [2.45, 2.75) is 65.2 Å². The molecule has 0 aromatic carbocycles. The van der Waals surface area contributed by atoms with Crippen LogP contribution < -0.4 is 0 Å². The van der Waals surface area contributed by atoms with Crippen molar-refractivity contribution in [1.29, 1.82) is 0 Å². The molecule has 1 rings (SSSR count). The fourth-order valence-electron chi connectivity index (χ4n) is 1.96. The van der Waals surface area contributed by atoms with Crippen molar-refractivity contribution in [3.8, 4) is 0 Å². The lowest BCUT2D eigenvalue weighted by molar-refractivity contribution is 0.559. The second-order valence-electron chi connectivity index (χ2n) is 4.97. The van der Waals surface area contributed by atoms with E-state index in [1.165, 1.54) is 56.9 Å². The molecule has 0 saturated carbocycles. The summed E-state index contributed by atoms with van der Waals surface area (Å²) in [5.74, 6) is 0.763. The predicted octanol–water partition coefficient (Wildman–Crippen LogP) is 6.06. The maximum atomic E-state index is 3.99. The van der Waals surface area contributed by atoms with Gasteiger partial charge < -0.3 is 0 Å². The molecule has 98 valence electrons. The lowest BCUT2D eigenvalue weighted by Crippen LogP contribution is -1.97. The van der Waals surface area contributed by atoms with E-state index in [-0.39, 0.29) is 0 Å². The quantitative estimate of drug-likeness (QED) is 0.400. The highest BCUT2D eigenvalue weighted by Gasteiger charge is 2.08. The summed E-state index contributed by atoms with van der Waals surface area (Å²) in [6.07, 6.45) is 16.9. The Balaban J connectivity index is 0.000000325. The number of allylic oxidation sites excluding steroid dienone is 4. The minimum Gasteiger partial charge on any atom is -0.103 e. The summed E-state index contributed by atoms with van der Waals surface area (Å²) in [6, 6.07) is 0. The Morgan fingerprint density at radius 1 is 1.35 bits per heavy atom. The summed E-state index contributed by atoms with van der Waals surface area (Å²) in [5, 5.41) is 0. The highest BCUT2D eigenvalue weighted by molar-refractivity contribution is 5.01. The van der Waals surface area contributed by atoms with Gasteiger partial charge in [0, 0.05) is 0 Å². The zero-order valence-electron chi connectivity index (χ0n) is 11.9. The second-order valence-corrected chi connectivity index (χ2v) is 4.97. The van der Waals surface area contributed by atoms with Gasteiger partial charge in [-0.3, -0.25) is 0 Å². The molecule has 0 amide bonds. The van der Waals surface area contributed by atoms with Crippen LogP contribution in [0, 0.1) is 5.92 Å². The maximum absolute atomic E-state index is 3.99. The van der Waals surface area contributed by atoms with Crippen molar-refractivity contribution < 1.29 is 0 Å². The van der Waals surface area contributed by atoms with Gasteiger partial charge in [0.25, 0.3) is 0 Å². The fraction of sp³-hybridized carbons (Fsp3) is 0.647. The number of unbranched alkanes of at least 4 members (excludes halogenated alkanes) is 3. The number of hydrogen-bond acceptors (Lipinski definition) is 0. The Hall–Kier alpha value is -0.780. The molecule has 0 aromatic heterocycles. The molecule has 1 unspecified atom stereocenters. The Morgan fingerprint density at radius 3 is 2.71 bits per heavy atom. The first-order valence-electron chi connectivity index (χ1n) is 7.13. The summed E-state index contributed by atoms with van der Waals surface area (Å²) in [5.41, 5.74) is 1.35. The molecule has 0 nitrogen and oxygen atoms in total. The van der Waals surface area contributed by atoms with Gasteiger partial charge in [0.05, 0.1) is 0 Å². The average Bonchev–Trinajstić information content (AvgIpc) is 2.59. The van der Waals surface area contributed by atoms with Crippen LogP contribution in [0.2, 0.25) is 0 Å². The largest absolute Gasteiger partial charge is 0.103 e. The van der Waals surface area contributed by atoms with Crippen LogP contribution in [0.5, 0.6) is 0 Å². The van der Waals surface area contributed by atoms with E-state index in [1.54, 1.807) is 0 Å². The molecule has 0 fully saturated rings. The van der Waals surface area contributed by atoms with Gasteiger partial charge in [0.15, 0.2) is 0 Å². The summed E-state index contributed by atoms with van der Waals surface area (Å²) >= 11 is 0. The Morgan fingerprint density at radius 2 is 2.12 bits per heavy atom. The minimum absolute atomic E-state index is 0.763. The molecule has 1 aliphatic carbocycles.